The fourth-order valence-electron chi connectivity index (χ4n) is 4.22. The van der Waals surface area contributed by atoms with Gasteiger partial charge in [0, 0.05) is 78.7 Å². The van der Waals surface area contributed by atoms with Gasteiger partial charge < -0.3 is 20.0 Å². The Bertz CT molecular complexity index is 821. The molecule has 0 saturated carbocycles. The van der Waals surface area contributed by atoms with E-state index in [0.717, 1.165) is 77.2 Å². The number of likely N-dealkylation sites (N-methyl/N-ethyl adjacent to an activating group) is 1. The summed E-state index contributed by atoms with van der Waals surface area (Å²) >= 11 is 0. The molecule has 7 heteroatoms. The smallest absolute Gasteiger partial charge is 0.194 e. The molecule has 2 aliphatic heterocycles. The van der Waals surface area contributed by atoms with Crippen LogP contribution in [0.1, 0.15) is 11.1 Å². The zero-order chi connectivity index (χ0) is 21.5. The third-order valence-electron chi connectivity index (χ3n) is 6.22. The maximum Gasteiger partial charge on any atom is 0.194 e. The first kappa shape index (κ1) is 21.6. The van der Waals surface area contributed by atoms with Gasteiger partial charge in [0.05, 0.1) is 0 Å². The molecule has 2 saturated heterocycles. The fourth-order valence-corrected chi connectivity index (χ4v) is 4.22. The van der Waals surface area contributed by atoms with Gasteiger partial charge in [0.15, 0.2) is 5.96 Å². The predicted molar refractivity (Wildman–Crippen MR) is 127 cm³/mol. The van der Waals surface area contributed by atoms with E-state index >= 15 is 0 Å². The van der Waals surface area contributed by atoms with E-state index in [1.54, 1.807) is 0 Å². The zero-order valence-electron chi connectivity index (χ0n) is 18.9. The van der Waals surface area contributed by atoms with Crippen molar-refractivity contribution < 1.29 is 0 Å². The van der Waals surface area contributed by atoms with Crippen LogP contribution in [0.15, 0.2) is 53.7 Å². The van der Waals surface area contributed by atoms with Crippen LogP contribution in [-0.4, -0.2) is 92.1 Å². The first-order chi connectivity index (χ1) is 15.2. The Morgan fingerprint density at radius 1 is 0.903 bits per heavy atom. The van der Waals surface area contributed by atoms with E-state index in [1.165, 1.54) is 11.1 Å². The largest absolute Gasteiger partial charge is 0.354 e. The van der Waals surface area contributed by atoms with Crippen molar-refractivity contribution in [2.45, 2.75) is 13.1 Å². The number of nitrogens with zero attached hydrogens (tertiary/aromatic N) is 6. The van der Waals surface area contributed by atoms with Crippen molar-refractivity contribution in [2.75, 3.05) is 71.4 Å². The van der Waals surface area contributed by atoms with Gasteiger partial charge in [-0.05, 0) is 24.2 Å². The highest BCUT2D eigenvalue weighted by Gasteiger charge is 2.20. The molecular formula is C24H35N7. The molecule has 31 heavy (non-hydrogen) atoms. The van der Waals surface area contributed by atoms with E-state index in [9.17, 15) is 0 Å². The van der Waals surface area contributed by atoms with Crippen molar-refractivity contribution in [1.82, 2.24) is 25.0 Å². The summed E-state index contributed by atoms with van der Waals surface area (Å²) in [6, 6.07) is 15.0. The number of hydrogen-bond acceptors (Lipinski definition) is 5. The Morgan fingerprint density at radius 2 is 1.65 bits per heavy atom. The van der Waals surface area contributed by atoms with Crippen LogP contribution in [-0.2, 0) is 13.1 Å². The molecule has 0 radical (unpaired) electrons. The summed E-state index contributed by atoms with van der Waals surface area (Å²) in [4.78, 5) is 18.8. The average Bonchev–Trinajstić information content (AvgIpc) is 2.82. The molecule has 2 fully saturated rings. The maximum absolute atomic E-state index is 4.70. The monoisotopic (exact) mass is 421 g/mol. The van der Waals surface area contributed by atoms with E-state index in [0.29, 0.717) is 0 Å². The molecule has 0 atom stereocenters. The van der Waals surface area contributed by atoms with Gasteiger partial charge in [0.2, 0.25) is 0 Å². The Balaban J connectivity index is 1.23. The Labute approximate surface area is 186 Å². The molecule has 0 spiro atoms. The van der Waals surface area contributed by atoms with Crippen molar-refractivity contribution in [3.63, 3.8) is 0 Å². The lowest BCUT2D eigenvalue weighted by Gasteiger charge is -2.36. The lowest BCUT2D eigenvalue weighted by Crippen LogP contribution is -2.52. The second-order valence-corrected chi connectivity index (χ2v) is 8.46. The molecule has 7 nitrogen and oxygen atoms in total. The van der Waals surface area contributed by atoms with Crippen molar-refractivity contribution >= 4 is 11.8 Å². The SMILES string of the molecule is CN=C(NCc1ccc(N2CCN(C)CC2)nc1)N1CCN(Cc2ccccc2)CC1. The van der Waals surface area contributed by atoms with Gasteiger partial charge in [0.1, 0.15) is 5.82 Å². The highest BCUT2D eigenvalue weighted by Crippen LogP contribution is 2.14. The average molecular weight is 422 g/mol. The number of hydrogen-bond donors (Lipinski definition) is 1. The van der Waals surface area contributed by atoms with Crippen LogP contribution in [0.2, 0.25) is 0 Å². The second kappa shape index (κ2) is 10.6. The third-order valence-corrected chi connectivity index (χ3v) is 6.22. The van der Waals surface area contributed by atoms with Crippen LogP contribution in [0.4, 0.5) is 5.82 Å². The molecule has 3 heterocycles. The summed E-state index contributed by atoms with van der Waals surface area (Å²) in [6.07, 6.45) is 1.99. The molecule has 0 aliphatic carbocycles. The number of anilines is 1. The van der Waals surface area contributed by atoms with Gasteiger partial charge in [-0.15, -0.1) is 0 Å². The van der Waals surface area contributed by atoms with Crippen molar-refractivity contribution in [3.05, 3.63) is 59.8 Å². The molecule has 2 aromatic rings. The highest BCUT2D eigenvalue weighted by atomic mass is 15.3. The zero-order valence-corrected chi connectivity index (χ0v) is 18.9. The molecule has 2 aliphatic rings. The normalized spacial score (nSPS) is 19.0. The second-order valence-electron chi connectivity index (χ2n) is 8.46. The number of rotatable bonds is 5. The summed E-state index contributed by atoms with van der Waals surface area (Å²) in [6.45, 7) is 10.1. The summed E-state index contributed by atoms with van der Waals surface area (Å²) < 4.78 is 0. The Hall–Kier alpha value is -2.64. The van der Waals surface area contributed by atoms with Gasteiger partial charge in [0.25, 0.3) is 0 Å². The molecule has 1 N–H and O–H groups in total. The van der Waals surface area contributed by atoms with E-state index in [1.807, 2.05) is 13.2 Å². The minimum atomic E-state index is 0.743. The minimum Gasteiger partial charge on any atom is -0.354 e. The summed E-state index contributed by atoms with van der Waals surface area (Å²) in [5, 5.41) is 3.52. The van der Waals surface area contributed by atoms with Crippen molar-refractivity contribution in [1.29, 1.82) is 0 Å². The number of benzene rings is 1. The van der Waals surface area contributed by atoms with Crippen molar-refractivity contribution in [3.8, 4) is 0 Å². The van der Waals surface area contributed by atoms with Crippen LogP contribution in [0.5, 0.6) is 0 Å². The topological polar surface area (TPSA) is 50.2 Å². The first-order valence-electron chi connectivity index (χ1n) is 11.3. The first-order valence-corrected chi connectivity index (χ1v) is 11.3. The van der Waals surface area contributed by atoms with Gasteiger partial charge >= 0.3 is 0 Å². The molecule has 1 aromatic carbocycles. The third kappa shape index (κ3) is 5.95. The lowest BCUT2D eigenvalue weighted by atomic mass is 10.2. The van der Waals surface area contributed by atoms with Gasteiger partial charge in [-0.25, -0.2) is 4.98 Å². The molecule has 0 unspecified atom stereocenters. The van der Waals surface area contributed by atoms with Crippen LogP contribution < -0.4 is 10.2 Å². The number of pyridine rings is 1. The summed E-state index contributed by atoms with van der Waals surface area (Å²) in [5.74, 6) is 2.05. The van der Waals surface area contributed by atoms with Crippen LogP contribution >= 0.6 is 0 Å². The molecular weight excluding hydrogens is 386 g/mol. The van der Waals surface area contributed by atoms with Crippen LogP contribution in [0.25, 0.3) is 0 Å². The van der Waals surface area contributed by atoms with Crippen LogP contribution in [0, 0.1) is 0 Å². The quantitative estimate of drug-likeness (QED) is 0.586. The Morgan fingerprint density at radius 3 is 2.29 bits per heavy atom. The van der Waals surface area contributed by atoms with Crippen LogP contribution in [0.3, 0.4) is 0 Å². The fraction of sp³-hybridized carbons (Fsp3) is 0.500. The highest BCUT2D eigenvalue weighted by molar-refractivity contribution is 5.80. The molecule has 4 rings (SSSR count). The number of piperazine rings is 2. The van der Waals surface area contributed by atoms with Gasteiger partial charge in [-0.3, -0.25) is 9.89 Å². The number of nitrogens with one attached hydrogen (secondary N) is 1. The predicted octanol–water partition coefficient (Wildman–Crippen LogP) is 1.73. The minimum absolute atomic E-state index is 0.743. The van der Waals surface area contributed by atoms with E-state index in [4.69, 9.17) is 4.98 Å². The number of aliphatic imine (C=N–C) groups is 1. The van der Waals surface area contributed by atoms with Gasteiger partial charge in [-0.1, -0.05) is 36.4 Å². The molecule has 166 valence electrons. The lowest BCUT2D eigenvalue weighted by molar-refractivity contribution is 0.172. The van der Waals surface area contributed by atoms with Crippen molar-refractivity contribution in [2.24, 2.45) is 4.99 Å². The molecule has 0 amide bonds. The summed E-state index contributed by atoms with van der Waals surface area (Å²) in [7, 11) is 4.04. The standard InChI is InChI=1S/C24H35N7/c1-25-24(31-16-12-29(13-17-31)20-21-6-4-3-5-7-21)27-19-22-8-9-23(26-18-22)30-14-10-28(2)11-15-30/h3-9,18H,10-17,19-20H2,1-2H3,(H,25,27). The molecule has 1 aromatic heterocycles. The number of guanidine groups is 1. The van der Waals surface area contributed by atoms with Gasteiger partial charge in [-0.2, -0.15) is 0 Å². The number of aromatic nitrogens is 1. The summed E-state index contributed by atoms with van der Waals surface area (Å²) in [5.41, 5.74) is 2.56. The maximum atomic E-state index is 4.70. The van der Waals surface area contributed by atoms with E-state index in [2.05, 4.69) is 79.4 Å². The molecule has 0 bridgehead atoms. The van der Waals surface area contributed by atoms with E-state index < -0.39 is 0 Å². The Kier molecular flexibility index (Phi) is 7.38. The van der Waals surface area contributed by atoms with E-state index in [-0.39, 0.29) is 0 Å².